The lowest BCUT2D eigenvalue weighted by atomic mass is 10.0. The van der Waals surface area contributed by atoms with Crippen molar-refractivity contribution in [2.24, 2.45) is 0 Å². The molecule has 6 nitrogen and oxygen atoms in total. The molecular weight excluding hydrogens is 280 g/mol. The lowest BCUT2D eigenvalue weighted by molar-refractivity contribution is 0.0951. The molecule has 0 aliphatic carbocycles. The number of carbonyl (C=O) groups excluding carboxylic acids is 1. The quantitative estimate of drug-likeness (QED) is 0.856. The molecule has 2 N–H and O–H groups in total. The molecule has 0 unspecified atom stereocenters. The molecule has 6 heteroatoms. The number of carbonyl (C=O) groups is 1. The predicted octanol–water partition coefficient (Wildman–Crippen LogP) is 2.38. The number of rotatable bonds is 6. The summed E-state index contributed by atoms with van der Waals surface area (Å²) in [6, 6.07) is 2.06. The molecule has 2 heterocycles. The molecule has 1 amide bonds. The maximum Gasteiger partial charge on any atom is 0.259 e. The minimum absolute atomic E-state index is 0.120. The average molecular weight is 304 g/mol. The minimum Gasteiger partial charge on any atom is -0.350 e. The second-order valence-electron chi connectivity index (χ2n) is 5.87. The number of amides is 1. The maximum absolute atomic E-state index is 12.6. The predicted molar refractivity (Wildman–Crippen MR) is 86.1 cm³/mol. The van der Waals surface area contributed by atoms with Gasteiger partial charge in [-0.3, -0.25) is 4.79 Å². The first-order valence-electron chi connectivity index (χ1n) is 7.72. The number of aryl methyl sites for hydroxylation is 1. The summed E-state index contributed by atoms with van der Waals surface area (Å²) in [5.74, 6) is 0.0902. The number of nitrogens with one attached hydrogen (secondary N) is 2. The fraction of sp³-hybridized carbons (Fsp3) is 0.562. The van der Waals surface area contributed by atoms with Crippen molar-refractivity contribution in [2.75, 3.05) is 13.1 Å². The molecule has 1 atom stereocenters. The summed E-state index contributed by atoms with van der Waals surface area (Å²) in [6.45, 7) is 11.4. The van der Waals surface area contributed by atoms with Crippen LogP contribution in [0.5, 0.6) is 0 Å². The Bertz CT molecular complexity index is 663. The summed E-state index contributed by atoms with van der Waals surface area (Å²) in [5, 5.41) is 10.9. The van der Waals surface area contributed by atoms with E-state index in [1.165, 1.54) is 0 Å². The van der Waals surface area contributed by atoms with Crippen LogP contribution >= 0.6 is 0 Å². The summed E-state index contributed by atoms with van der Waals surface area (Å²) < 4.78 is 5.24. The zero-order chi connectivity index (χ0) is 16.3. The van der Waals surface area contributed by atoms with Crippen molar-refractivity contribution in [3.8, 4) is 0 Å². The van der Waals surface area contributed by atoms with E-state index in [4.69, 9.17) is 4.52 Å². The third-order valence-corrected chi connectivity index (χ3v) is 3.59. The lowest BCUT2D eigenvalue weighted by Gasteiger charge is -2.14. The molecule has 0 aliphatic rings. The van der Waals surface area contributed by atoms with Crippen molar-refractivity contribution in [3.63, 3.8) is 0 Å². The molecule has 0 saturated heterocycles. The second kappa shape index (κ2) is 6.87. The first kappa shape index (κ1) is 16.4. The highest BCUT2D eigenvalue weighted by Gasteiger charge is 2.19. The van der Waals surface area contributed by atoms with Gasteiger partial charge in [0.2, 0.25) is 0 Å². The van der Waals surface area contributed by atoms with Crippen LogP contribution in [-0.2, 0) is 0 Å². The van der Waals surface area contributed by atoms with Gasteiger partial charge >= 0.3 is 0 Å². The van der Waals surface area contributed by atoms with E-state index in [0.29, 0.717) is 28.9 Å². The summed E-state index contributed by atoms with van der Waals surface area (Å²) in [4.78, 5) is 17.0. The minimum atomic E-state index is -0.120. The largest absolute Gasteiger partial charge is 0.350 e. The Morgan fingerprint density at radius 2 is 2.09 bits per heavy atom. The highest BCUT2D eigenvalue weighted by atomic mass is 16.5. The summed E-state index contributed by atoms with van der Waals surface area (Å²) >= 11 is 0. The molecule has 0 fully saturated rings. The number of likely N-dealkylation sites (N-methyl/N-ethyl adjacent to an activating group) is 1. The van der Waals surface area contributed by atoms with Crippen molar-refractivity contribution in [1.29, 1.82) is 0 Å². The third-order valence-electron chi connectivity index (χ3n) is 3.59. The molecule has 2 rings (SSSR count). The van der Waals surface area contributed by atoms with Gasteiger partial charge in [0.05, 0.1) is 16.6 Å². The molecule has 2 aromatic rings. The number of fused-ring (bicyclic) bond motifs is 1. The smallest absolute Gasteiger partial charge is 0.259 e. The number of hydrogen-bond donors (Lipinski definition) is 2. The summed E-state index contributed by atoms with van der Waals surface area (Å²) in [5.41, 5.74) is 2.51. The molecular formula is C16H24N4O2. The van der Waals surface area contributed by atoms with E-state index in [2.05, 4.69) is 20.8 Å². The lowest BCUT2D eigenvalue weighted by Crippen LogP contribution is -2.38. The fourth-order valence-electron chi connectivity index (χ4n) is 2.35. The van der Waals surface area contributed by atoms with Gasteiger partial charge in [-0.25, -0.2) is 4.98 Å². The van der Waals surface area contributed by atoms with Gasteiger partial charge in [0.1, 0.15) is 0 Å². The summed E-state index contributed by atoms with van der Waals surface area (Å²) in [6.07, 6.45) is 0. The molecule has 0 radical (unpaired) electrons. The molecule has 0 aliphatic heterocycles. The van der Waals surface area contributed by atoms with Gasteiger partial charge < -0.3 is 15.2 Å². The van der Waals surface area contributed by atoms with E-state index >= 15 is 0 Å². The van der Waals surface area contributed by atoms with E-state index < -0.39 is 0 Å². The van der Waals surface area contributed by atoms with Crippen molar-refractivity contribution in [3.05, 3.63) is 23.0 Å². The van der Waals surface area contributed by atoms with Crippen LogP contribution < -0.4 is 10.6 Å². The average Bonchev–Trinajstić information content (AvgIpc) is 2.85. The van der Waals surface area contributed by atoms with E-state index in [9.17, 15) is 4.79 Å². The number of aromatic nitrogens is 2. The molecule has 0 bridgehead atoms. The van der Waals surface area contributed by atoms with Gasteiger partial charge in [-0.1, -0.05) is 25.9 Å². The van der Waals surface area contributed by atoms with Gasteiger partial charge in [0.25, 0.3) is 11.6 Å². The highest BCUT2D eigenvalue weighted by Crippen LogP contribution is 2.24. The number of nitrogens with zero attached hydrogens (tertiary/aromatic N) is 2. The Hall–Kier alpha value is -1.95. The van der Waals surface area contributed by atoms with Crippen LogP contribution in [0.4, 0.5) is 0 Å². The van der Waals surface area contributed by atoms with E-state index in [1.807, 2.05) is 40.7 Å². The third kappa shape index (κ3) is 3.44. The van der Waals surface area contributed by atoms with Crippen molar-refractivity contribution >= 4 is 17.0 Å². The van der Waals surface area contributed by atoms with Crippen LogP contribution in [0.1, 0.15) is 55.4 Å². The monoisotopic (exact) mass is 304 g/mol. The van der Waals surface area contributed by atoms with Gasteiger partial charge in [-0.15, -0.1) is 0 Å². The fourth-order valence-corrected chi connectivity index (χ4v) is 2.35. The molecule has 120 valence electrons. The van der Waals surface area contributed by atoms with Gasteiger partial charge in [0, 0.05) is 18.3 Å². The molecule has 2 aromatic heterocycles. The van der Waals surface area contributed by atoms with Crippen LogP contribution in [0.2, 0.25) is 0 Å². The molecule has 0 aromatic carbocycles. The normalized spacial score (nSPS) is 12.8. The topological polar surface area (TPSA) is 80.0 Å². The van der Waals surface area contributed by atoms with Crippen LogP contribution in [-0.4, -0.2) is 35.2 Å². The Morgan fingerprint density at radius 1 is 1.36 bits per heavy atom. The van der Waals surface area contributed by atoms with Gasteiger partial charge in [-0.2, -0.15) is 0 Å². The standard InChI is InChI=1S/C16H24N4O2/c1-6-17-10(4)8-18-15(21)12-7-13(9(2)3)19-16-14(12)11(5)20-22-16/h7,9-10,17H,6,8H2,1-5H3,(H,18,21)/t10-/m1/s1. The van der Waals surface area contributed by atoms with Gasteiger partial charge in [0.15, 0.2) is 0 Å². The Kier molecular flexibility index (Phi) is 5.13. The molecule has 0 spiro atoms. The van der Waals surface area contributed by atoms with E-state index in [1.54, 1.807) is 0 Å². The Balaban J connectivity index is 2.32. The molecule has 22 heavy (non-hydrogen) atoms. The number of hydrogen-bond acceptors (Lipinski definition) is 5. The highest BCUT2D eigenvalue weighted by molar-refractivity contribution is 6.06. The maximum atomic E-state index is 12.6. The zero-order valence-electron chi connectivity index (χ0n) is 13.9. The Labute approximate surface area is 130 Å². The summed E-state index contributed by atoms with van der Waals surface area (Å²) in [7, 11) is 0. The number of pyridine rings is 1. The van der Waals surface area contributed by atoms with Crippen LogP contribution in [0.3, 0.4) is 0 Å². The van der Waals surface area contributed by atoms with Crippen LogP contribution in [0.15, 0.2) is 10.6 Å². The van der Waals surface area contributed by atoms with Crippen molar-refractivity contribution < 1.29 is 9.32 Å². The van der Waals surface area contributed by atoms with E-state index in [-0.39, 0.29) is 17.9 Å². The van der Waals surface area contributed by atoms with Crippen LogP contribution in [0, 0.1) is 6.92 Å². The zero-order valence-corrected chi connectivity index (χ0v) is 13.9. The van der Waals surface area contributed by atoms with Crippen molar-refractivity contribution in [1.82, 2.24) is 20.8 Å². The first-order valence-corrected chi connectivity index (χ1v) is 7.72. The van der Waals surface area contributed by atoms with Crippen molar-refractivity contribution in [2.45, 2.75) is 46.6 Å². The van der Waals surface area contributed by atoms with Gasteiger partial charge in [-0.05, 0) is 32.4 Å². The SMILES string of the molecule is CCN[C@H](C)CNC(=O)c1cc(C(C)C)nc2onc(C)c12. The van der Waals surface area contributed by atoms with E-state index in [0.717, 1.165) is 12.2 Å². The molecule has 0 saturated carbocycles. The Morgan fingerprint density at radius 3 is 2.73 bits per heavy atom. The second-order valence-corrected chi connectivity index (χ2v) is 5.87. The van der Waals surface area contributed by atoms with Crippen LogP contribution in [0.25, 0.3) is 11.1 Å². The first-order chi connectivity index (χ1) is 10.4.